The number of nitrogens with one attached hydrogen (secondary N) is 1. The molecule has 0 saturated heterocycles. The molecule has 102 valence electrons. The summed E-state index contributed by atoms with van der Waals surface area (Å²) >= 11 is 6.05. The molecule has 0 amide bonds. The van der Waals surface area contributed by atoms with E-state index in [4.69, 9.17) is 22.7 Å². The lowest BCUT2D eigenvalue weighted by atomic mass is 10.1. The fourth-order valence-corrected chi connectivity index (χ4v) is 2.72. The summed E-state index contributed by atoms with van der Waals surface area (Å²) in [6.45, 7) is 0.722. The van der Waals surface area contributed by atoms with E-state index < -0.39 is 0 Å². The van der Waals surface area contributed by atoms with Crippen molar-refractivity contribution in [3.63, 3.8) is 0 Å². The van der Waals surface area contributed by atoms with Gasteiger partial charge in [-0.15, -0.1) is 0 Å². The van der Waals surface area contributed by atoms with Gasteiger partial charge >= 0.3 is 0 Å². The molecule has 1 heterocycles. The van der Waals surface area contributed by atoms with Gasteiger partial charge in [0.15, 0.2) is 0 Å². The molecule has 0 spiro atoms. The number of nitrogens with two attached hydrogens (primary N) is 1. The minimum absolute atomic E-state index is 0.0264. The first kappa shape index (κ1) is 12.9. The third kappa shape index (κ3) is 2.12. The Kier molecular flexibility index (Phi) is 3.10. The van der Waals surface area contributed by atoms with Gasteiger partial charge in [-0.2, -0.15) is 0 Å². The minimum atomic E-state index is -0.276. The van der Waals surface area contributed by atoms with Crippen LogP contribution < -0.4 is 10.6 Å². The van der Waals surface area contributed by atoms with E-state index in [1.54, 1.807) is 24.3 Å². The monoisotopic (exact) mass is 289 g/mol. The number of rotatable bonds is 2. The largest absolute Gasteiger partial charge is 0.384 e. The van der Waals surface area contributed by atoms with Crippen LogP contribution in [-0.4, -0.2) is 12.4 Å². The number of hydrogen-bond acceptors (Lipinski definition) is 2. The number of nitrogens with zero attached hydrogens (tertiary/aromatic N) is 1. The van der Waals surface area contributed by atoms with Gasteiger partial charge in [0.2, 0.25) is 0 Å². The van der Waals surface area contributed by atoms with Crippen LogP contribution in [0.15, 0.2) is 36.4 Å². The van der Waals surface area contributed by atoms with Gasteiger partial charge in [0.1, 0.15) is 11.7 Å². The van der Waals surface area contributed by atoms with E-state index in [-0.39, 0.29) is 11.7 Å². The van der Waals surface area contributed by atoms with Gasteiger partial charge < -0.3 is 10.6 Å². The Morgan fingerprint density at radius 1 is 1.20 bits per heavy atom. The Bertz CT molecular complexity index is 700. The molecule has 0 atom stereocenters. The van der Waals surface area contributed by atoms with Crippen LogP contribution in [0.5, 0.6) is 0 Å². The number of anilines is 2. The van der Waals surface area contributed by atoms with Crippen LogP contribution >= 0.6 is 11.6 Å². The molecule has 0 saturated carbocycles. The van der Waals surface area contributed by atoms with Gasteiger partial charge in [0, 0.05) is 22.8 Å². The molecule has 20 heavy (non-hydrogen) atoms. The Morgan fingerprint density at radius 2 is 2.00 bits per heavy atom. The van der Waals surface area contributed by atoms with Crippen molar-refractivity contribution >= 4 is 28.8 Å². The maximum atomic E-state index is 13.5. The molecule has 2 aromatic rings. The van der Waals surface area contributed by atoms with Crippen molar-refractivity contribution < 1.29 is 4.39 Å². The molecule has 1 aliphatic rings. The second-order valence-electron chi connectivity index (χ2n) is 4.75. The van der Waals surface area contributed by atoms with E-state index in [9.17, 15) is 4.39 Å². The summed E-state index contributed by atoms with van der Waals surface area (Å²) < 4.78 is 13.5. The molecule has 3 N–H and O–H groups in total. The topological polar surface area (TPSA) is 53.1 Å². The molecule has 0 radical (unpaired) electrons. The second kappa shape index (κ2) is 4.80. The molecular formula is C15H13ClFN3. The number of benzene rings is 2. The van der Waals surface area contributed by atoms with Crippen LogP contribution in [0.25, 0.3) is 0 Å². The van der Waals surface area contributed by atoms with E-state index >= 15 is 0 Å². The van der Waals surface area contributed by atoms with Gasteiger partial charge in [-0.3, -0.25) is 5.41 Å². The van der Waals surface area contributed by atoms with Gasteiger partial charge in [0.05, 0.1) is 5.69 Å². The Labute approximate surface area is 121 Å². The van der Waals surface area contributed by atoms with E-state index in [2.05, 4.69) is 0 Å². The summed E-state index contributed by atoms with van der Waals surface area (Å²) in [5, 5.41) is 8.24. The van der Waals surface area contributed by atoms with Gasteiger partial charge in [-0.25, -0.2) is 4.39 Å². The molecule has 3 nitrogen and oxygen atoms in total. The predicted octanol–water partition coefficient (Wildman–Crippen LogP) is 3.46. The number of halogens is 2. The smallest absolute Gasteiger partial charge is 0.125 e. The van der Waals surface area contributed by atoms with Crippen molar-refractivity contribution in [2.45, 2.75) is 6.42 Å². The maximum Gasteiger partial charge on any atom is 0.125 e. The zero-order chi connectivity index (χ0) is 14.3. The van der Waals surface area contributed by atoms with Crippen LogP contribution in [-0.2, 0) is 6.42 Å². The van der Waals surface area contributed by atoms with Crippen molar-refractivity contribution in [1.82, 2.24) is 0 Å². The summed E-state index contributed by atoms with van der Waals surface area (Å²) in [7, 11) is 0. The van der Waals surface area contributed by atoms with Crippen LogP contribution in [0.2, 0.25) is 5.02 Å². The molecule has 0 unspecified atom stereocenters. The van der Waals surface area contributed by atoms with Gasteiger partial charge in [0.25, 0.3) is 0 Å². The average Bonchev–Trinajstić information content (AvgIpc) is 2.81. The summed E-state index contributed by atoms with van der Waals surface area (Å²) in [4.78, 5) is 1.96. The third-order valence-electron chi connectivity index (χ3n) is 3.48. The Balaban J connectivity index is 2.14. The van der Waals surface area contributed by atoms with E-state index in [1.807, 2.05) is 4.90 Å². The first-order chi connectivity index (χ1) is 9.56. The van der Waals surface area contributed by atoms with Crippen molar-refractivity contribution in [3.8, 4) is 0 Å². The number of amidine groups is 1. The summed E-state index contributed by atoms with van der Waals surface area (Å²) in [6.07, 6.45) is 0.833. The van der Waals surface area contributed by atoms with Gasteiger partial charge in [-0.1, -0.05) is 17.7 Å². The van der Waals surface area contributed by atoms with Crippen molar-refractivity contribution in [2.75, 3.05) is 11.4 Å². The molecule has 0 aromatic heterocycles. The lowest BCUT2D eigenvalue weighted by Gasteiger charge is -2.22. The molecule has 0 aliphatic carbocycles. The number of nitrogen functional groups attached to an aromatic ring is 1. The molecule has 3 rings (SSSR count). The molecule has 0 bridgehead atoms. The second-order valence-corrected chi connectivity index (χ2v) is 5.19. The third-order valence-corrected chi connectivity index (χ3v) is 3.72. The SMILES string of the molecule is N=C(N)c1ccc(Cl)cc1N1CCc2ccc(F)cc21. The summed E-state index contributed by atoms with van der Waals surface area (Å²) in [6, 6.07) is 9.95. The number of hydrogen-bond donors (Lipinski definition) is 2. The highest BCUT2D eigenvalue weighted by Gasteiger charge is 2.23. The minimum Gasteiger partial charge on any atom is -0.384 e. The van der Waals surface area contributed by atoms with Crippen LogP contribution in [0.4, 0.5) is 15.8 Å². The van der Waals surface area contributed by atoms with E-state index in [1.165, 1.54) is 12.1 Å². The standard InChI is InChI=1S/C15H13ClFN3/c16-10-2-4-12(15(18)19)14(7-10)20-6-5-9-1-3-11(17)8-13(9)20/h1-4,7-8H,5-6H2,(H3,18,19). The van der Waals surface area contributed by atoms with Crippen molar-refractivity contribution in [1.29, 1.82) is 5.41 Å². The lowest BCUT2D eigenvalue weighted by molar-refractivity contribution is 0.628. The highest BCUT2D eigenvalue weighted by atomic mass is 35.5. The lowest BCUT2D eigenvalue weighted by Crippen LogP contribution is -2.20. The normalized spacial score (nSPS) is 13.4. The molecule has 0 fully saturated rings. The molecule has 1 aliphatic heterocycles. The fourth-order valence-electron chi connectivity index (χ4n) is 2.56. The predicted molar refractivity (Wildman–Crippen MR) is 79.6 cm³/mol. The van der Waals surface area contributed by atoms with Crippen molar-refractivity contribution in [2.24, 2.45) is 5.73 Å². The quantitative estimate of drug-likeness (QED) is 0.657. The van der Waals surface area contributed by atoms with Crippen LogP contribution in [0.3, 0.4) is 0 Å². The summed E-state index contributed by atoms with van der Waals surface area (Å²) in [5.41, 5.74) is 8.87. The van der Waals surface area contributed by atoms with Crippen LogP contribution in [0.1, 0.15) is 11.1 Å². The average molecular weight is 290 g/mol. The number of fused-ring (bicyclic) bond motifs is 1. The molecule has 2 aromatic carbocycles. The highest BCUT2D eigenvalue weighted by Crippen LogP contribution is 2.37. The van der Waals surface area contributed by atoms with Gasteiger partial charge in [-0.05, 0) is 42.3 Å². The first-order valence-corrected chi connectivity index (χ1v) is 6.64. The van der Waals surface area contributed by atoms with E-state index in [0.717, 1.165) is 29.9 Å². The first-order valence-electron chi connectivity index (χ1n) is 6.26. The van der Waals surface area contributed by atoms with E-state index in [0.29, 0.717) is 10.6 Å². The Hall–Kier alpha value is -2.07. The zero-order valence-corrected chi connectivity index (χ0v) is 11.4. The molecule has 5 heteroatoms. The summed E-state index contributed by atoms with van der Waals surface area (Å²) in [5.74, 6) is -0.302. The van der Waals surface area contributed by atoms with Crippen LogP contribution in [0, 0.1) is 11.2 Å². The Morgan fingerprint density at radius 3 is 2.75 bits per heavy atom. The maximum absolute atomic E-state index is 13.5. The zero-order valence-electron chi connectivity index (χ0n) is 10.7. The molecular weight excluding hydrogens is 277 g/mol. The van der Waals surface area contributed by atoms with Crippen molar-refractivity contribution in [3.05, 3.63) is 58.4 Å². The highest BCUT2D eigenvalue weighted by molar-refractivity contribution is 6.31. The fraction of sp³-hybridized carbons (Fsp3) is 0.133.